The van der Waals surface area contributed by atoms with Gasteiger partial charge in [-0.05, 0) is 18.6 Å². The van der Waals surface area contributed by atoms with Gasteiger partial charge >= 0.3 is 5.97 Å². The first-order valence-corrected chi connectivity index (χ1v) is 5.22. The molecule has 1 aromatic heterocycles. The molecule has 1 unspecified atom stereocenters. The molecule has 7 heteroatoms. The van der Waals surface area contributed by atoms with Gasteiger partial charge in [0.15, 0.2) is 0 Å². The largest absolute Gasteiger partial charge is 0.480 e. The van der Waals surface area contributed by atoms with Crippen molar-refractivity contribution in [3.05, 3.63) is 30.1 Å². The first kappa shape index (κ1) is 13.6. The normalized spacial score (nSPS) is 11.6. The van der Waals surface area contributed by atoms with Gasteiger partial charge in [-0.3, -0.25) is 14.6 Å². The summed E-state index contributed by atoms with van der Waals surface area (Å²) in [6.45, 7) is 0. The molecule has 0 aliphatic carbocycles. The Morgan fingerprint density at radius 1 is 1.33 bits per heavy atom. The van der Waals surface area contributed by atoms with Gasteiger partial charge in [0.25, 0.3) is 5.91 Å². The van der Waals surface area contributed by atoms with E-state index in [4.69, 9.17) is 10.8 Å². The highest BCUT2D eigenvalue weighted by molar-refractivity contribution is 5.96. The van der Waals surface area contributed by atoms with Crippen LogP contribution in [0.2, 0.25) is 0 Å². The Bertz CT molecular complexity index is 447. The lowest BCUT2D eigenvalue weighted by atomic mass is 10.1. The van der Waals surface area contributed by atoms with Gasteiger partial charge in [-0.1, -0.05) is 0 Å². The van der Waals surface area contributed by atoms with E-state index in [0.717, 1.165) is 0 Å². The maximum Gasteiger partial charge on any atom is 0.326 e. The number of carbonyl (C=O) groups is 3. The van der Waals surface area contributed by atoms with Gasteiger partial charge < -0.3 is 16.2 Å². The Balaban J connectivity index is 2.64. The van der Waals surface area contributed by atoms with Crippen LogP contribution in [0.4, 0.5) is 0 Å². The number of hydrogen-bond acceptors (Lipinski definition) is 4. The zero-order chi connectivity index (χ0) is 13.5. The van der Waals surface area contributed by atoms with Crippen LogP contribution in [0.1, 0.15) is 23.2 Å². The van der Waals surface area contributed by atoms with Crippen LogP contribution in [0, 0.1) is 0 Å². The number of amides is 2. The first-order valence-electron chi connectivity index (χ1n) is 5.22. The second-order valence-electron chi connectivity index (χ2n) is 3.61. The summed E-state index contributed by atoms with van der Waals surface area (Å²) in [5, 5.41) is 11.2. The number of nitrogens with one attached hydrogen (secondary N) is 1. The number of carboxylic acids is 1. The lowest BCUT2D eigenvalue weighted by molar-refractivity contribution is -0.139. The van der Waals surface area contributed by atoms with Gasteiger partial charge in [-0.2, -0.15) is 0 Å². The summed E-state index contributed by atoms with van der Waals surface area (Å²) in [5.74, 6) is -2.35. The molecule has 96 valence electrons. The number of aromatic nitrogens is 1. The lowest BCUT2D eigenvalue weighted by Gasteiger charge is -2.13. The van der Waals surface area contributed by atoms with Crippen molar-refractivity contribution in [2.24, 2.45) is 5.73 Å². The molecule has 4 N–H and O–H groups in total. The maximum atomic E-state index is 11.7. The standard InChI is InChI=1S/C11H13N3O4/c12-9(15)2-1-8(11(17)18)14-10(16)7-3-5-13-6-4-7/h3-6,8H,1-2H2,(H2,12,15)(H,14,16)(H,17,18). The van der Waals surface area contributed by atoms with Crippen molar-refractivity contribution >= 4 is 17.8 Å². The highest BCUT2D eigenvalue weighted by atomic mass is 16.4. The fourth-order valence-corrected chi connectivity index (χ4v) is 1.29. The molecule has 1 aromatic rings. The first-order chi connectivity index (χ1) is 8.50. The monoisotopic (exact) mass is 251 g/mol. The Labute approximate surface area is 103 Å². The minimum absolute atomic E-state index is 0.0402. The number of primary amides is 1. The van der Waals surface area contributed by atoms with Crippen molar-refractivity contribution in [1.29, 1.82) is 0 Å². The number of hydrogen-bond donors (Lipinski definition) is 3. The molecule has 0 bridgehead atoms. The quantitative estimate of drug-likeness (QED) is 0.630. The molecule has 18 heavy (non-hydrogen) atoms. The van der Waals surface area contributed by atoms with E-state index in [9.17, 15) is 14.4 Å². The fourth-order valence-electron chi connectivity index (χ4n) is 1.29. The minimum atomic E-state index is -1.21. The summed E-state index contributed by atoms with van der Waals surface area (Å²) in [6.07, 6.45) is 2.71. The van der Waals surface area contributed by atoms with Gasteiger partial charge in [0.1, 0.15) is 6.04 Å². The van der Waals surface area contributed by atoms with Crippen LogP contribution in [0.25, 0.3) is 0 Å². The minimum Gasteiger partial charge on any atom is -0.480 e. The molecular weight excluding hydrogens is 238 g/mol. The van der Waals surface area contributed by atoms with E-state index in [-0.39, 0.29) is 12.8 Å². The molecule has 2 amide bonds. The van der Waals surface area contributed by atoms with E-state index < -0.39 is 23.8 Å². The molecule has 1 heterocycles. The number of carboxylic acid groups (broad SMARTS) is 1. The molecule has 0 aliphatic heterocycles. The average Bonchev–Trinajstić information content (AvgIpc) is 2.34. The van der Waals surface area contributed by atoms with E-state index in [2.05, 4.69) is 10.3 Å². The Hall–Kier alpha value is -2.44. The highest BCUT2D eigenvalue weighted by Crippen LogP contribution is 2.01. The fraction of sp³-hybridized carbons (Fsp3) is 0.273. The van der Waals surface area contributed by atoms with Crippen molar-refractivity contribution in [2.45, 2.75) is 18.9 Å². The topological polar surface area (TPSA) is 122 Å². The van der Waals surface area contributed by atoms with Crippen molar-refractivity contribution in [2.75, 3.05) is 0 Å². The van der Waals surface area contributed by atoms with Crippen LogP contribution in [-0.2, 0) is 9.59 Å². The second kappa shape index (κ2) is 6.33. The molecule has 0 spiro atoms. The summed E-state index contributed by atoms with van der Waals surface area (Å²) in [6, 6.07) is 1.78. The number of carbonyl (C=O) groups excluding carboxylic acids is 2. The molecule has 0 fully saturated rings. The molecular formula is C11H13N3O4. The molecule has 0 saturated heterocycles. The van der Waals surface area contributed by atoms with Crippen molar-refractivity contribution < 1.29 is 19.5 Å². The lowest BCUT2D eigenvalue weighted by Crippen LogP contribution is -2.41. The van der Waals surface area contributed by atoms with E-state index in [1.807, 2.05) is 0 Å². The van der Waals surface area contributed by atoms with E-state index >= 15 is 0 Å². The third-order valence-corrected chi connectivity index (χ3v) is 2.23. The highest BCUT2D eigenvalue weighted by Gasteiger charge is 2.20. The number of rotatable bonds is 6. The van der Waals surface area contributed by atoms with E-state index in [1.54, 1.807) is 0 Å². The summed E-state index contributed by atoms with van der Waals surface area (Å²) < 4.78 is 0. The van der Waals surface area contributed by atoms with Crippen LogP contribution in [0.15, 0.2) is 24.5 Å². The van der Waals surface area contributed by atoms with Gasteiger partial charge in [0, 0.05) is 24.4 Å². The van der Waals surface area contributed by atoms with Crippen LogP contribution in [0.5, 0.6) is 0 Å². The molecule has 0 radical (unpaired) electrons. The van der Waals surface area contributed by atoms with Crippen LogP contribution in [-0.4, -0.2) is 33.9 Å². The third-order valence-electron chi connectivity index (χ3n) is 2.23. The second-order valence-corrected chi connectivity index (χ2v) is 3.61. The Morgan fingerprint density at radius 2 is 1.94 bits per heavy atom. The number of aliphatic carboxylic acids is 1. The van der Waals surface area contributed by atoms with Gasteiger partial charge in [0.2, 0.25) is 5.91 Å². The molecule has 1 atom stereocenters. The number of pyridine rings is 1. The van der Waals surface area contributed by atoms with E-state index in [1.165, 1.54) is 24.5 Å². The van der Waals surface area contributed by atoms with Gasteiger partial charge in [0.05, 0.1) is 0 Å². The van der Waals surface area contributed by atoms with Crippen LogP contribution < -0.4 is 11.1 Å². The summed E-state index contributed by atoms with van der Waals surface area (Å²) in [4.78, 5) is 36.9. The predicted octanol–water partition coefficient (Wildman–Crippen LogP) is -0.470. The molecule has 1 rings (SSSR count). The SMILES string of the molecule is NC(=O)CCC(NC(=O)c1ccncc1)C(=O)O. The predicted molar refractivity (Wildman–Crippen MR) is 61.6 cm³/mol. The summed E-state index contributed by atoms with van der Waals surface area (Å²) in [7, 11) is 0. The Kier molecular flexibility index (Phi) is 4.79. The van der Waals surface area contributed by atoms with E-state index in [0.29, 0.717) is 5.56 Å². The number of nitrogens with zero attached hydrogens (tertiary/aromatic N) is 1. The molecule has 0 aliphatic rings. The van der Waals surface area contributed by atoms with Gasteiger partial charge in [-0.25, -0.2) is 4.79 Å². The van der Waals surface area contributed by atoms with Gasteiger partial charge in [-0.15, -0.1) is 0 Å². The molecule has 0 aromatic carbocycles. The Morgan fingerprint density at radius 3 is 2.44 bits per heavy atom. The average molecular weight is 251 g/mol. The summed E-state index contributed by atoms with van der Waals surface area (Å²) in [5.41, 5.74) is 5.23. The maximum absolute atomic E-state index is 11.7. The van der Waals surface area contributed by atoms with Crippen molar-refractivity contribution in [3.63, 3.8) is 0 Å². The van der Waals surface area contributed by atoms with Crippen LogP contribution in [0.3, 0.4) is 0 Å². The summed E-state index contributed by atoms with van der Waals surface area (Å²) >= 11 is 0. The zero-order valence-corrected chi connectivity index (χ0v) is 9.50. The third kappa shape index (κ3) is 4.20. The molecule has 7 nitrogen and oxygen atoms in total. The van der Waals surface area contributed by atoms with Crippen molar-refractivity contribution in [3.8, 4) is 0 Å². The van der Waals surface area contributed by atoms with Crippen molar-refractivity contribution in [1.82, 2.24) is 10.3 Å². The van der Waals surface area contributed by atoms with Crippen LogP contribution >= 0.6 is 0 Å². The molecule has 0 saturated carbocycles. The number of nitrogens with two attached hydrogens (primary N) is 1. The smallest absolute Gasteiger partial charge is 0.326 e. The zero-order valence-electron chi connectivity index (χ0n) is 9.50.